The third kappa shape index (κ3) is 4.00. The van der Waals surface area contributed by atoms with Gasteiger partial charge in [0.15, 0.2) is 0 Å². The Balaban J connectivity index is 2.35. The fraction of sp³-hybridized carbons (Fsp3) is 0.429. The van der Waals surface area contributed by atoms with Crippen LogP contribution in [0.4, 0.5) is 0 Å². The van der Waals surface area contributed by atoms with Crippen molar-refractivity contribution in [2.45, 2.75) is 25.0 Å². The van der Waals surface area contributed by atoms with Crippen molar-refractivity contribution in [1.29, 1.82) is 0 Å². The lowest BCUT2D eigenvalue weighted by Crippen LogP contribution is -2.22. The monoisotopic (exact) mass is 250 g/mol. The van der Waals surface area contributed by atoms with Crippen molar-refractivity contribution < 1.29 is 0 Å². The first-order chi connectivity index (χ1) is 7.91. The molecule has 0 spiro atoms. The molecular weight excluding hydrogens is 228 g/mol. The summed E-state index contributed by atoms with van der Waals surface area (Å²) >= 11 is 4.47. The molecule has 3 heteroatoms. The van der Waals surface area contributed by atoms with Crippen molar-refractivity contribution >= 4 is 12.6 Å². The molecule has 0 saturated carbocycles. The van der Waals surface area contributed by atoms with Crippen molar-refractivity contribution in [2.75, 3.05) is 13.1 Å². The summed E-state index contributed by atoms with van der Waals surface area (Å²) < 4.78 is 0. The molecule has 2 nitrogen and oxygen atoms in total. The Morgan fingerprint density at radius 3 is 2.59 bits per heavy atom. The first-order valence-electron chi connectivity index (χ1n) is 5.80. The average Bonchev–Trinajstić information content (AvgIpc) is 2.48. The molecule has 1 aliphatic heterocycles. The van der Waals surface area contributed by atoms with E-state index in [1.165, 1.54) is 0 Å². The van der Waals surface area contributed by atoms with Crippen LogP contribution >= 0.6 is 12.6 Å². The number of nitrogens with one attached hydrogen (secondary N) is 1. The predicted octanol–water partition coefficient (Wildman–Crippen LogP) is 3.09. The molecule has 1 N–H and O–H groups in total. The van der Waals surface area contributed by atoms with E-state index < -0.39 is 0 Å². The van der Waals surface area contributed by atoms with Crippen LogP contribution in [-0.2, 0) is 0 Å². The number of hydrogen-bond donors (Lipinski definition) is 2. The number of thiol groups is 1. The van der Waals surface area contributed by atoms with Gasteiger partial charge >= 0.3 is 0 Å². The van der Waals surface area contributed by atoms with Crippen LogP contribution in [0, 0.1) is 0 Å². The lowest BCUT2D eigenvalue weighted by atomic mass is 10.2. The molecule has 0 aromatic heterocycles. The van der Waals surface area contributed by atoms with Gasteiger partial charge in [-0.1, -0.05) is 31.9 Å². The van der Waals surface area contributed by atoms with E-state index in [1.54, 1.807) is 0 Å². The van der Waals surface area contributed by atoms with Gasteiger partial charge in [-0.15, -0.1) is 0 Å². The topological polar surface area (TPSA) is 15.3 Å². The molecule has 0 aliphatic carbocycles. The molecule has 0 amide bonds. The van der Waals surface area contributed by atoms with Gasteiger partial charge in [-0.05, 0) is 6.92 Å². The number of likely N-dealkylation sites (tertiary alicyclic amines) is 1. The Bertz CT molecular complexity index is 357. The smallest absolute Gasteiger partial charge is 0.0468 e. The van der Waals surface area contributed by atoms with E-state index in [0.29, 0.717) is 0 Å². The van der Waals surface area contributed by atoms with E-state index in [1.807, 2.05) is 6.92 Å². The lowest BCUT2D eigenvalue weighted by molar-refractivity contribution is 0.457. The number of nitrogens with zero attached hydrogens (tertiary/aromatic N) is 1. The van der Waals surface area contributed by atoms with Crippen molar-refractivity contribution in [2.24, 2.45) is 0 Å². The van der Waals surface area contributed by atoms with Crippen LogP contribution < -0.4 is 5.32 Å². The Kier molecular flexibility index (Phi) is 4.94. The quantitative estimate of drug-likeness (QED) is 0.556. The molecule has 1 rings (SSSR count). The van der Waals surface area contributed by atoms with Crippen LogP contribution in [0.1, 0.15) is 19.8 Å². The van der Waals surface area contributed by atoms with Gasteiger partial charge in [-0.3, -0.25) is 0 Å². The summed E-state index contributed by atoms with van der Waals surface area (Å²) in [5, 5.41) is 3.47. The molecule has 1 unspecified atom stereocenters. The minimum absolute atomic E-state index is 0.221. The van der Waals surface area contributed by atoms with Crippen LogP contribution in [0.2, 0.25) is 0 Å². The fourth-order valence-electron chi connectivity index (χ4n) is 1.75. The highest BCUT2D eigenvalue weighted by Crippen LogP contribution is 2.32. The van der Waals surface area contributed by atoms with Gasteiger partial charge in [0, 0.05) is 48.3 Å². The van der Waals surface area contributed by atoms with Gasteiger partial charge in [-0.25, -0.2) is 0 Å². The molecule has 94 valence electrons. The highest BCUT2D eigenvalue weighted by atomic mass is 32.1. The van der Waals surface area contributed by atoms with E-state index in [0.717, 1.165) is 48.6 Å². The van der Waals surface area contributed by atoms with Gasteiger partial charge in [0.2, 0.25) is 0 Å². The molecule has 1 atom stereocenters. The first kappa shape index (κ1) is 14.0. The van der Waals surface area contributed by atoms with Gasteiger partial charge in [0.05, 0.1) is 0 Å². The van der Waals surface area contributed by atoms with Crippen LogP contribution in [0.3, 0.4) is 0 Å². The second-order valence-electron chi connectivity index (χ2n) is 4.59. The maximum atomic E-state index is 4.47. The molecule has 0 radical (unpaired) electrons. The summed E-state index contributed by atoms with van der Waals surface area (Å²) in [7, 11) is 0. The minimum atomic E-state index is 0.221. The third-order valence-corrected chi connectivity index (χ3v) is 3.30. The highest BCUT2D eigenvalue weighted by Gasteiger charge is 2.26. The number of rotatable bonds is 6. The van der Waals surface area contributed by atoms with Crippen LogP contribution in [0.15, 0.2) is 49.0 Å². The van der Waals surface area contributed by atoms with Crippen LogP contribution in [-0.4, -0.2) is 23.2 Å². The molecule has 1 fully saturated rings. The van der Waals surface area contributed by atoms with Crippen molar-refractivity contribution in [3.05, 3.63) is 49.0 Å². The van der Waals surface area contributed by atoms with E-state index in [9.17, 15) is 0 Å². The second-order valence-corrected chi connectivity index (χ2v) is 5.22. The SMILES string of the molecule is C=C(C)CNC(=C)CCN1C(=C)CC(S)C1=C. The Hall–Kier alpha value is -1.09. The first-order valence-corrected chi connectivity index (χ1v) is 6.31. The largest absolute Gasteiger partial charge is 0.385 e. The molecule has 0 aromatic rings. The molecular formula is C14H22N2S. The molecule has 1 aliphatic rings. The maximum Gasteiger partial charge on any atom is 0.0468 e. The van der Waals surface area contributed by atoms with Gasteiger partial charge < -0.3 is 10.2 Å². The predicted molar refractivity (Wildman–Crippen MR) is 79.0 cm³/mol. The normalized spacial score (nSPS) is 19.6. The van der Waals surface area contributed by atoms with Gasteiger partial charge in [-0.2, -0.15) is 12.6 Å². The highest BCUT2D eigenvalue weighted by molar-refractivity contribution is 7.81. The fourth-order valence-corrected chi connectivity index (χ4v) is 2.10. The summed E-state index contributed by atoms with van der Waals surface area (Å²) in [5.74, 6) is 0. The standard InChI is InChI=1S/C14H22N2S/c1-10(2)9-15-11(3)6-7-16-12(4)8-14(17)13(16)5/h14-15,17H,1,3-9H2,2H3. The minimum Gasteiger partial charge on any atom is -0.385 e. The summed E-state index contributed by atoms with van der Waals surface area (Å²) in [6.07, 6.45) is 1.78. The zero-order valence-electron chi connectivity index (χ0n) is 10.6. The van der Waals surface area contributed by atoms with Crippen molar-refractivity contribution in [3.8, 4) is 0 Å². The van der Waals surface area contributed by atoms with E-state index in [4.69, 9.17) is 0 Å². The summed E-state index contributed by atoms with van der Waals surface area (Å²) in [6, 6.07) is 0. The second kappa shape index (κ2) is 6.01. The zero-order valence-corrected chi connectivity index (χ0v) is 11.5. The lowest BCUT2D eigenvalue weighted by Gasteiger charge is -2.22. The van der Waals surface area contributed by atoms with Crippen LogP contribution in [0.25, 0.3) is 0 Å². The summed E-state index contributed by atoms with van der Waals surface area (Å²) in [4.78, 5) is 2.14. The molecule has 0 bridgehead atoms. The maximum absolute atomic E-state index is 4.47. The Labute approximate surface area is 110 Å². The summed E-state index contributed by atoms with van der Waals surface area (Å²) in [5.41, 5.74) is 4.28. The zero-order chi connectivity index (χ0) is 13.0. The average molecular weight is 250 g/mol. The van der Waals surface area contributed by atoms with Gasteiger partial charge in [0.1, 0.15) is 0 Å². The molecule has 0 aromatic carbocycles. The molecule has 1 heterocycles. The number of allylic oxidation sites excluding steroid dienone is 1. The molecule has 17 heavy (non-hydrogen) atoms. The third-order valence-electron chi connectivity index (χ3n) is 2.82. The van der Waals surface area contributed by atoms with Crippen molar-refractivity contribution in [3.63, 3.8) is 0 Å². The van der Waals surface area contributed by atoms with E-state index in [-0.39, 0.29) is 5.25 Å². The Morgan fingerprint density at radius 1 is 1.47 bits per heavy atom. The van der Waals surface area contributed by atoms with E-state index >= 15 is 0 Å². The summed E-state index contributed by atoms with van der Waals surface area (Å²) in [6.45, 7) is 19.6. The Morgan fingerprint density at radius 2 is 2.12 bits per heavy atom. The number of hydrogen-bond acceptors (Lipinski definition) is 3. The van der Waals surface area contributed by atoms with Crippen molar-refractivity contribution in [1.82, 2.24) is 10.2 Å². The van der Waals surface area contributed by atoms with Crippen LogP contribution in [0.5, 0.6) is 0 Å². The molecule has 1 saturated heterocycles. The van der Waals surface area contributed by atoms with Gasteiger partial charge in [0.25, 0.3) is 0 Å². The van der Waals surface area contributed by atoms with E-state index in [2.05, 4.69) is 49.2 Å².